The van der Waals surface area contributed by atoms with Crippen molar-refractivity contribution in [3.05, 3.63) is 53.1 Å². The third kappa shape index (κ3) is 3.82. The van der Waals surface area contributed by atoms with Crippen molar-refractivity contribution < 1.29 is 9.90 Å². The van der Waals surface area contributed by atoms with E-state index in [4.69, 9.17) is 15.8 Å². The first-order valence-electron chi connectivity index (χ1n) is 11.3. The fourth-order valence-electron chi connectivity index (χ4n) is 4.80. The summed E-state index contributed by atoms with van der Waals surface area (Å²) >= 11 is 0. The zero-order chi connectivity index (χ0) is 22.2. The normalized spacial score (nSPS) is 21.5. The number of nitrogens with two attached hydrogens (primary N) is 1. The van der Waals surface area contributed by atoms with E-state index in [1.165, 1.54) is 0 Å². The van der Waals surface area contributed by atoms with E-state index < -0.39 is 0 Å². The Morgan fingerprint density at radius 2 is 2.09 bits per heavy atom. The highest BCUT2D eigenvalue weighted by molar-refractivity contribution is 5.92. The van der Waals surface area contributed by atoms with Gasteiger partial charge in [0.2, 0.25) is 0 Å². The molecule has 0 bridgehead atoms. The Hall–Kier alpha value is -3.04. The summed E-state index contributed by atoms with van der Waals surface area (Å²) in [4.78, 5) is 26.6. The molecule has 0 radical (unpaired) electrons. The predicted octanol–water partition coefficient (Wildman–Crippen LogP) is 1.83. The number of carbonyl (C=O) groups is 1. The van der Waals surface area contributed by atoms with Gasteiger partial charge in [-0.2, -0.15) is 5.10 Å². The van der Waals surface area contributed by atoms with Crippen LogP contribution in [-0.2, 0) is 6.61 Å². The Morgan fingerprint density at radius 1 is 1.22 bits per heavy atom. The summed E-state index contributed by atoms with van der Waals surface area (Å²) in [5.74, 6) is 0.830. The van der Waals surface area contributed by atoms with Gasteiger partial charge in [0.1, 0.15) is 11.5 Å². The summed E-state index contributed by atoms with van der Waals surface area (Å²) in [6.45, 7) is 4.24. The molecule has 1 amide bonds. The molecule has 0 saturated carbocycles. The van der Waals surface area contributed by atoms with E-state index in [0.717, 1.165) is 61.5 Å². The van der Waals surface area contributed by atoms with Crippen LogP contribution in [0.2, 0.25) is 0 Å². The highest BCUT2D eigenvalue weighted by atomic mass is 16.3. The third-order valence-corrected chi connectivity index (χ3v) is 6.44. The van der Waals surface area contributed by atoms with Gasteiger partial charge in [0, 0.05) is 43.5 Å². The molecule has 0 spiro atoms. The molecule has 2 fully saturated rings. The van der Waals surface area contributed by atoms with E-state index in [0.29, 0.717) is 17.9 Å². The fourth-order valence-corrected chi connectivity index (χ4v) is 4.80. The molecule has 3 aromatic heterocycles. The van der Waals surface area contributed by atoms with Gasteiger partial charge in [-0.05, 0) is 44.7 Å². The van der Waals surface area contributed by atoms with Crippen LogP contribution in [0.1, 0.15) is 59.2 Å². The van der Waals surface area contributed by atoms with Crippen molar-refractivity contribution >= 4 is 17.4 Å². The smallest absolute Gasteiger partial charge is 0.273 e. The summed E-state index contributed by atoms with van der Waals surface area (Å²) in [5, 5.41) is 14.2. The quantitative estimate of drug-likeness (QED) is 0.643. The molecule has 2 aliphatic heterocycles. The monoisotopic (exact) mass is 435 g/mol. The molecule has 168 valence electrons. The van der Waals surface area contributed by atoms with Crippen LogP contribution in [0.5, 0.6) is 0 Å². The van der Waals surface area contributed by atoms with Crippen molar-refractivity contribution in [3.63, 3.8) is 0 Å². The standard InChI is InChI=1S/C23H29N7O2/c1-15-12-30-21(26-22(15)28-10-8-16(24)13-28)11-19(27-30)20-7-2-3-9-29(20)23(32)18-6-4-5-17(14-31)25-18/h4-6,11-12,16,20,31H,2-3,7-10,13-14,24H2,1H3/t16-,20-/m0/s1. The predicted molar refractivity (Wildman–Crippen MR) is 120 cm³/mol. The van der Waals surface area contributed by atoms with Gasteiger partial charge in [-0.1, -0.05) is 6.07 Å². The molecule has 2 atom stereocenters. The van der Waals surface area contributed by atoms with Gasteiger partial charge in [-0.25, -0.2) is 14.5 Å². The van der Waals surface area contributed by atoms with Crippen molar-refractivity contribution in [2.45, 2.75) is 51.3 Å². The van der Waals surface area contributed by atoms with Crippen LogP contribution in [0.25, 0.3) is 5.65 Å². The number of aliphatic hydroxyl groups excluding tert-OH is 1. The lowest BCUT2D eigenvalue weighted by Crippen LogP contribution is -2.39. The lowest BCUT2D eigenvalue weighted by atomic mass is 9.99. The zero-order valence-corrected chi connectivity index (χ0v) is 18.3. The molecule has 9 heteroatoms. The van der Waals surface area contributed by atoms with E-state index in [1.807, 2.05) is 28.6 Å². The van der Waals surface area contributed by atoms with Crippen molar-refractivity contribution in [1.82, 2.24) is 24.5 Å². The Morgan fingerprint density at radius 3 is 2.88 bits per heavy atom. The van der Waals surface area contributed by atoms with Gasteiger partial charge in [0.05, 0.1) is 24.0 Å². The lowest BCUT2D eigenvalue weighted by molar-refractivity contribution is 0.0599. The Bertz CT molecular complexity index is 1140. The minimum Gasteiger partial charge on any atom is -0.390 e. The van der Waals surface area contributed by atoms with Gasteiger partial charge < -0.3 is 20.6 Å². The first-order valence-corrected chi connectivity index (χ1v) is 11.3. The van der Waals surface area contributed by atoms with Crippen LogP contribution >= 0.6 is 0 Å². The molecule has 5 heterocycles. The summed E-state index contributed by atoms with van der Waals surface area (Å²) in [7, 11) is 0. The van der Waals surface area contributed by atoms with Gasteiger partial charge in [-0.15, -0.1) is 0 Å². The Labute approximate surface area is 186 Å². The minimum absolute atomic E-state index is 0.124. The van der Waals surface area contributed by atoms with Crippen LogP contribution in [0.4, 0.5) is 5.82 Å². The number of likely N-dealkylation sites (tertiary alicyclic amines) is 1. The summed E-state index contributed by atoms with van der Waals surface area (Å²) in [6, 6.07) is 7.23. The molecule has 2 saturated heterocycles. The molecule has 2 aliphatic rings. The number of piperidine rings is 1. The molecule has 32 heavy (non-hydrogen) atoms. The fraction of sp³-hybridized carbons (Fsp3) is 0.478. The number of carbonyl (C=O) groups excluding carboxylic acids is 1. The number of amides is 1. The number of hydrogen-bond acceptors (Lipinski definition) is 7. The van der Waals surface area contributed by atoms with Gasteiger partial charge in [0.15, 0.2) is 5.65 Å². The number of aryl methyl sites for hydroxylation is 1. The van der Waals surface area contributed by atoms with Crippen molar-refractivity contribution in [1.29, 1.82) is 0 Å². The van der Waals surface area contributed by atoms with E-state index in [9.17, 15) is 9.90 Å². The first kappa shape index (κ1) is 20.8. The maximum Gasteiger partial charge on any atom is 0.273 e. The van der Waals surface area contributed by atoms with Crippen LogP contribution in [0.3, 0.4) is 0 Å². The van der Waals surface area contributed by atoms with Gasteiger partial charge in [-0.3, -0.25) is 4.79 Å². The number of aromatic nitrogens is 4. The van der Waals surface area contributed by atoms with Crippen molar-refractivity contribution in [3.8, 4) is 0 Å². The molecule has 9 nitrogen and oxygen atoms in total. The molecule has 0 aliphatic carbocycles. The lowest BCUT2D eigenvalue weighted by Gasteiger charge is -2.34. The van der Waals surface area contributed by atoms with Crippen molar-refractivity contribution in [2.75, 3.05) is 24.5 Å². The highest BCUT2D eigenvalue weighted by Crippen LogP contribution is 2.32. The molecular weight excluding hydrogens is 406 g/mol. The van der Waals surface area contributed by atoms with Crippen LogP contribution in [0.15, 0.2) is 30.5 Å². The largest absolute Gasteiger partial charge is 0.390 e. The summed E-state index contributed by atoms with van der Waals surface area (Å²) < 4.78 is 1.81. The molecule has 3 aromatic rings. The second-order valence-corrected chi connectivity index (χ2v) is 8.80. The second-order valence-electron chi connectivity index (χ2n) is 8.80. The number of nitrogens with zero attached hydrogens (tertiary/aromatic N) is 6. The maximum absolute atomic E-state index is 13.3. The van der Waals surface area contributed by atoms with E-state index in [1.54, 1.807) is 18.2 Å². The summed E-state index contributed by atoms with van der Waals surface area (Å²) in [5.41, 5.74) is 9.62. The van der Waals surface area contributed by atoms with Crippen molar-refractivity contribution in [2.24, 2.45) is 5.73 Å². The zero-order valence-electron chi connectivity index (χ0n) is 18.3. The first-order chi connectivity index (χ1) is 15.5. The van der Waals surface area contributed by atoms with E-state index in [-0.39, 0.29) is 24.6 Å². The second kappa shape index (κ2) is 8.48. The Kier molecular flexibility index (Phi) is 5.52. The molecule has 5 rings (SSSR count). The number of fused-ring (bicyclic) bond motifs is 1. The molecule has 3 N–H and O–H groups in total. The average molecular weight is 436 g/mol. The number of hydrogen-bond donors (Lipinski definition) is 2. The number of aliphatic hydroxyl groups is 1. The van der Waals surface area contributed by atoms with Crippen LogP contribution in [0, 0.1) is 6.92 Å². The SMILES string of the molecule is Cc1cn2nc([C@@H]3CCCCN3C(=O)c3cccc(CO)n3)cc2nc1N1CC[C@H](N)C1. The third-order valence-electron chi connectivity index (χ3n) is 6.44. The van der Waals surface area contributed by atoms with E-state index >= 15 is 0 Å². The highest BCUT2D eigenvalue weighted by Gasteiger charge is 2.32. The molecular formula is C23H29N7O2. The van der Waals surface area contributed by atoms with Crippen LogP contribution in [-0.4, -0.2) is 61.2 Å². The number of rotatable bonds is 4. The minimum atomic E-state index is -0.188. The van der Waals surface area contributed by atoms with E-state index in [2.05, 4.69) is 9.88 Å². The number of anilines is 1. The number of pyridine rings is 1. The van der Waals surface area contributed by atoms with Crippen LogP contribution < -0.4 is 10.6 Å². The average Bonchev–Trinajstić information content (AvgIpc) is 3.43. The summed E-state index contributed by atoms with van der Waals surface area (Å²) in [6.07, 6.45) is 5.82. The van der Waals surface area contributed by atoms with Gasteiger partial charge >= 0.3 is 0 Å². The maximum atomic E-state index is 13.3. The van der Waals surface area contributed by atoms with Gasteiger partial charge in [0.25, 0.3) is 5.91 Å². The molecule has 0 unspecified atom stereocenters. The topological polar surface area (TPSA) is 113 Å². The Balaban J connectivity index is 1.46. The molecule has 0 aromatic carbocycles.